The Labute approximate surface area is 85.5 Å². The first-order valence-corrected chi connectivity index (χ1v) is 4.48. The molecule has 0 aliphatic carbocycles. The molecule has 0 unspecified atom stereocenters. The van der Waals surface area contributed by atoms with E-state index in [1.54, 1.807) is 12.3 Å². The van der Waals surface area contributed by atoms with Crippen LogP contribution in [0.3, 0.4) is 0 Å². The topological polar surface area (TPSA) is 28.7 Å². The Bertz CT molecular complexity index is 410. The molecule has 66 valence electrons. The highest BCUT2D eigenvalue weighted by molar-refractivity contribution is 6.41. The number of hydrogen-bond donors (Lipinski definition) is 1. The molecular weight excluding hydrogens is 207 g/mol. The lowest BCUT2D eigenvalue weighted by atomic mass is 10.2. The molecule has 0 saturated heterocycles. The van der Waals surface area contributed by atoms with Crippen molar-refractivity contribution in [3.05, 3.63) is 40.8 Å². The molecule has 0 saturated carbocycles. The summed E-state index contributed by atoms with van der Waals surface area (Å²) in [6, 6.07) is 5.64. The Kier molecular flexibility index (Phi) is 2.25. The van der Waals surface area contributed by atoms with E-state index < -0.39 is 0 Å². The van der Waals surface area contributed by atoms with E-state index in [4.69, 9.17) is 23.2 Å². The molecule has 2 aromatic heterocycles. The molecule has 2 rings (SSSR count). The van der Waals surface area contributed by atoms with E-state index in [1.165, 1.54) is 0 Å². The maximum atomic E-state index is 5.82. The molecule has 2 heterocycles. The van der Waals surface area contributed by atoms with Gasteiger partial charge in [0.1, 0.15) is 5.15 Å². The van der Waals surface area contributed by atoms with Gasteiger partial charge in [0.25, 0.3) is 0 Å². The highest BCUT2D eigenvalue weighted by Crippen LogP contribution is 2.24. The van der Waals surface area contributed by atoms with Gasteiger partial charge in [0.2, 0.25) is 0 Å². The molecule has 0 aromatic carbocycles. The van der Waals surface area contributed by atoms with Crippen molar-refractivity contribution in [2.45, 2.75) is 0 Å². The van der Waals surface area contributed by atoms with E-state index in [0.29, 0.717) is 10.2 Å². The Hall–Kier alpha value is -0.990. The molecule has 0 fully saturated rings. The second-order valence-corrected chi connectivity index (χ2v) is 3.35. The molecule has 2 nitrogen and oxygen atoms in total. The van der Waals surface area contributed by atoms with Gasteiger partial charge in [0.05, 0.1) is 5.02 Å². The second-order valence-electron chi connectivity index (χ2n) is 2.58. The molecule has 2 aromatic rings. The Morgan fingerprint density at radius 2 is 2.15 bits per heavy atom. The number of aromatic nitrogens is 2. The molecule has 0 atom stereocenters. The summed E-state index contributed by atoms with van der Waals surface area (Å²) in [6.45, 7) is 0. The quantitative estimate of drug-likeness (QED) is 0.722. The van der Waals surface area contributed by atoms with E-state index in [0.717, 1.165) is 11.3 Å². The summed E-state index contributed by atoms with van der Waals surface area (Å²) in [7, 11) is 0. The standard InChI is InChI=1S/C9H6Cl2N2/c10-7-4-6(5-13-9(7)11)8-2-1-3-12-8/h1-5,12H. The average Bonchev–Trinajstić information content (AvgIpc) is 2.62. The highest BCUT2D eigenvalue weighted by Gasteiger charge is 2.02. The second kappa shape index (κ2) is 3.40. The fourth-order valence-electron chi connectivity index (χ4n) is 1.08. The lowest BCUT2D eigenvalue weighted by Crippen LogP contribution is -1.81. The fourth-order valence-corrected chi connectivity index (χ4v) is 1.35. The van der Waals surface area contributed by atoms with Crippen LogP contribution in [-0.4, -0.2) is 9.97 Å². The number of halogens is 2. The van der Waals surface area contributed by atoms with Crippen LogP contribution in [0.1, 0.15) is 0 Å². The van der Waals surface area contributed by atoms with E-state index >= 15 is 0 Å². The van der Waals surface area contributed by atoms with Crippen LogP contribution in [0.4, 0.5) is 0 Å². The van der Waals surface area contributed by atoms with Crippen molar-refractivity contribution in [1.29, 1.82) is 0 Å². The molecule has 13 heavy (non-hydrogen) atoms. The van der Waals surface area contributed by atoms with Crippen molar-refractivity contribution in [1.82, 2.24) is 9.97 Å². The summed E-state index contributed by atoms with van der Waals surface area (Å²) < 4.78 is 0. The molecule has 0 bridgehead atoms. The van der Waals surface area contributed by atoms with Gasteiger partial charge in [-0.25, -0.2) is 4.98 Å². The molecule has 1 N–H and O–H groups in total. The SMILES string of the molecule is Clc1cc(-c2ccc[nH]2)cnc1Cl. The minimum absolute atomic E-state index is 0.331. The van der Waals surface area contributed by atoms with Crippen LogP contribution in [0.5, 0.6) is 0 Å². The van der Waals surface area contributed by atoms with Crippen molar-refractivity contribution < 1.29 is 0 Å². The molecule has 0 amide bonds. The minimum Gasteiger partial charge on any atom is -0.361 e. The van der Waals surface area contributed by atoms with E-state index in [-0.39, 0.29) is 0 Å². The van der Waals surface area contributed by atoms with Crippen LogP contribution in [0, 0.1) is 0 Å². The smallest absolute Gasteiger partial charge is 0.147 e. The van der Waals surface area contributed by atoms with Crippen LogP contribution < -0.4 is 0 Å². The maximum absolute atomic E-state index is 5.82. The monoisotopic (exact) mass is 212 g/mol. The van der Waals surface area contributed by atoms with Crippen LogP contribution >= 0.6 is 23.2 Å². The molecule has 0 spiro atoms. The first kappa shape index (κ1) is 8.60. The predicted molar refractivity (Wildman–Crippen MR) is 54.0 cm³/mol. The molecular formula is C9H6Cl2N2. The van der Waals surface area contributed by atoms with E-state index in [2.05, 4.69) is 9.97 Å². The summed E-state index contributed by atoms with van der Waals surface area (Å²) in [6.07, 6.45) is 3.53. The molecule has 0 aliphatic rings. The fraction of sp³-hybridized carbons (Fsp3) is 0. The van der Waals surface area contributed by atoms with Gasteiger partial charge in [-0.1, -0.05) is 23.2 Å². The van der Waals surface area contributed by atoms with Gasteiger partial charge in [-0.15, -0.1) is 0 Å². The summed E-state index contributed by atoms with van der Waals surface area (Å²) >= 11 is 11.5. The van der Waals surface area contributed by atoms with Crippen LogP contribution in [0.2, 0.25) is 10.2 Å². The van der Waals surface area contributed by atoms with Gasteiger partial charge in [0, 0.05) is 23.7 Å². The zero-order valence-electron chi connectivity index (χ0n) is 6.59. The zero-order chi connectivity index (χ0) is 9.26. The van der Waals surface area contributed by atoms with Crippen molar-refractivity contribution in [3.63, 3.8) is 0 Å². The first-order valence-electron chi connectivity index (χ1n) is 3.72. The predicted octanol–water partition coefficient (Wildman–Crippen LogP) is 3.38. The molecule has 0 aliphatic heterocycles. The minimum atomic E-state index is 0.331. The van der Waals surface area contributed by atoms with Crippen LogP contribution in [0.25, 0.3) is 11.3 Å². The van der Waals surface area contributed by atoms with Gasteiger partial charge in [0.15, 0.2) is 0 Å². The normalized spacial score (nSPS) is 10.3. The van der Waals surface area contributed by atoms with E-state index in [9.17, 15) is 0 Å². The molecule has 0 radical (unpaired) electrons. The highest BCUT2D eigenvalue weighted by atomic mass is 35.5. The van der Waals surface area contributed by atoms with Gasteiger partial charge < -0.3 is 4.98 Å². The van der Waals surface area contributed by atoms with E-state index in [1.807, 2.05) is 18.3 Å². The zero-order valence-corrected chi connectivity index (χ0v) is 8.10. The Balaban J connectivity index is 2.49. The number of H-pyrrole nitrogens is 1. The summed E-state index contributed by atoms with van der Waals surface area (Å²) in [5.74, 6) is 0. The number of nitrogens with one attached hydrogen (secondary N) is 1. The third kappa shape index (κ3) is 1.69. The largest absolute Gasteiger partial charge is 0.361 e. The van der Waals surface area contributed by atoms with Crippen LogP contribution in [-0.2, 0) is 0 Å². The maximum Gasteiger partial charge on any atom is 0.147 e. The summed E-state index contributed by atoms with van der Waals surface area (Å²) in [5, 5.41) is 0.797. The average molecular weight is 213 g/mol. The van der Waals surface area contributed by atoms with Gasteiger partial charge >= 0.3 is 0 Å². The van der Waals surface area contributed by atoms with Crippen LogP contribution in [0.15, 0.2) is 30.6 Å². The van der Waals surface area contributed by atoms with Crippen molar-refractivity contribution >= 4 is 23.2 Å². The summed E-state index contributed by atoms with van der Waals surface area (Å²) in [4.78, 5) is 7.01. The summed E-state index contributed by atoms with van der Waals surface area (Å²) in [5.41, 5.74) is 1.91. The number of pyridine rings is 1. The molecule has 4 heteroatoms. The van der Waals surface area contributed by atoms with Gasteiger partial charge in [-0.05, 0) is 18.2 Å². The number of aromatic amines is 1. The Morgan fingerprint density at radius 3 is 2.77 bits per heavy atom. The van der Waals surface area contributed by atoms with Gasteiger partial charge in [-0.3, -0.25) is 0 Å². The Morgan fingerprint density at radius 1 is 1.31 bits per heavy atom. The van der Waals surface area contributed by atoms with Crippen molar-refractivity contribution in [3.8, 4) is 11.3 Å². The third-order valence-corrected chi connectivity index (χ3v) is 2.39. The first-order chi connectivity index (χ1) is 6.27. The number of rotatable bonds is 1. The number of hydrogen-bond acceptors (Lipinski definition) is 1. The lowest BCUT2D eigenvalue weighted by Gasteiger charge is -1.99. The van der Waals surface area contributed by atoms with Crippen molar-refractivity contribution in [2.24, 2.45) is 0 Å². The number of nitrogens with zero attached hydrogens (tertiary/aromatic N) is 1. The van der Waals surface area contributed by atoms with Gasteiger partial charge in [-0.2, -0.15) is 0 Å². The van der Waals surface area contributed by atoms with Crippen molar-refractivity contribution in [2.75, 3.05) is 0 Å². The third-order valence-electron chi connectivity index (χ3n) is 1.71. The lowest BCUT2D eigenvalue weighted by molar-refractivity contribution is 1.30.